The highest BCUT2D eigenvalue weighted by Gasteiger charge is 2.50. The van der Waals surface area contributed by atoms with Crippen molar-refractivity contribution < 1.29 is 4.79 Å². The molecule has 1 aromatic rings. The summed E-state index contributed by atoms with van der Waals surface area (Å²) in [4.78, 5) is 12.0. The molecule has 92 valence electrons. The molecular weight excluding hydrogens is 278 g/mol. The van der Waals surface area contributed by atoms with Gasteiger partial charge in [-0.3, -0.25) is 4.79 Å². The Morgan fingerprint density at radius 1 is 1.47 bits per heavy atom. The monoisotopic (exact) mass is 295 g/mol. The second-order valence-corrected chi connectivity index (χ2v) is 6.47. The maximum absolute atomic E-state index is 11.8. The van der Waals surface area contributed by atoms with Gasteiger partial charge in [-0.1, -0.05) is 60.1 Å². The highest BCUT2D eigenvalue weighted by atomic mass is 79.9. The van der Waals surface area contributed by atoms with E-state index in [9.17, 15) is 4.79 Å². The molecule has 1 amide bonds. The van der Waals surface area contributed by atoms with E-state index in [1.54, 1.807) is 0 Å². The van der Waals surface area contributed by atoms with Gasteiger partial charge in [0.1, 0.15) is 0 Å². The minimum absolute atomic E-state index is 0.189. The van der Waals surface area contributed by atoms with Crippen molar-refractivity contribution in [2.24, 2.45) is 11.3 Å². The van der Waals surface area contributed by atoms with Gasteiger partial charge in [0.05, 0.1) is 4.83 Å². The molecule has 3 heteroatoms. The third kappa shape index (κ3) is 3.09. The number of rotatable bonds is 4. The van der Waals surface area contributed by atoms with E-state index in [1.807, 2.05) is 18.2 Å². The van der Waals surface area contributed by atoms with Crippen LogP contribution < -0.4 is 5.32 Å². The summed E-state index contributed by atoms with van der Waals surface area (Å²) in [5.41, 5.74) is 1.40. The maximum atomic E-state index is 11.8. The average Bonchev–Trinajstić information content (AvgIpc) is 2.96. The van der Waals surface area contributed by atoms with E-state index in [4.69, 9.17) is 0 Å². The van der Waals surface area contributed by atoms with Gasteiger partial charge in [0.25, 0.3) is 0 Å². The maximum Gasteiger partial charge on any atom is 0.223 e. The van der Waals surface area contributed by atoms with Gasteiger partial charge < -0.3 is 5.32 Å². The van der Waals surface area contributed by atoms with Gasteiger partial charge in [0, 0.05) is 12.5 Å². The highest BCUT2D eigenvalue weighted by Crippen LogP contribution is 2.51. The first-order valence-electron chi connectivity index (χ1n) is 5.97. The Morgan fingerprint density at radius 3 is 2.59 bits per heavy atom. The average molecular weight is 296 g/mol. The molecule has 1 aliphatic carbocycles. The molecule has 0 bridgehead atoms. The van der Waals surface area contributed by atoms with Crippen LogP contribution >= 0.6 is 15.9 Å². The van der Waals surface area contributed by atoms with Gasteiger partial charge in [-0.05, 0) is 17.4 Å². The number of halogens is 1. The third-order valence-corrected chi connectivity index (χ3v) is 4.30. The first-order chi connectivity index (χ1) is 8.00. The van der Waals surface area contributed by atoms with Crippen molar-refractivity contribution in [1.82, 2.24) is 5.32 Å². The number of benzene rings is 1. The van der Waals surface area contributed by atoms with Crippen molar-refractivity contribution in [2.45, 2.75) is 25.1 Å². The third-order valence-electron chi connectivity index (χ3n) is 3.45. The van der Waals surface area contributed by atoms with Crippen LogP contribution in [-0.2, 0) is 4.79 Å². The first-order valence-corrected chi connectivity index (χ1v) is 6.89. The number of carbonyl (C=O) groups excluding carboxylic acids is 1. The molecule has 1 aliphatic rings. The Bertz CT molecular complexity index is 402. The molecule has 0 aromatic heterocycles. The molecule has 1 fully saturated rings. The molecule has 1 saturated carbocycles. The van der Waals surface area contributed by atoms with Gasteiger partial charge >= 0.3 is 0 Å². The van der Waals surface area contributed by atoms with Crippen molar-refractivity contribution >= 4 is 21.8 Å². The minimum Gasteiger partial charge on any atom is -0.354 e. The van der Waals surface area contributed by atoms with Crippen LogP contribution in [0.15, 0.2) is 30.3 Å². The molecule has 2 rings (SSSR count). The summed E-state index contributed by atoms with van der Waals surface area (Å²) in [6.45, 7) is 4.93. The number of hydrogen-bond acceptors (Lipinski definition) is 1. The topological polar surface area (TPSA) is 29.1 Å². The second kappa shape index (κ2) is 4.81. The number of carbonyl (C=O) groups is 1. The number of nitrogens with one attached hydrogen (secondary N) is 1. The molecule has 17 heavy (non-hydrogen) atoms. The molecule has 0 saturated heterocycles. The zero-order valence-electron chi connectivity index (χ0n) is 10.2. The zero-order chi connectivity index (χ0) is 12.5. The predicted molar refractivity (Wildman–Crippen MR) is 73.0 cm³/mol. The van der Waals surface area contributed by atoms with Crippen LogP contribution in [0.4, 0.5) is 0 Å². The summed E-state index contributed by atoms with van der Waals surface area (Å²) in [5, 5.41) is 3.01. The van der Waals surface area contributed by atoms with Crippen LogP contribution in [0.25, 0.3) is 0 Å². The smallest absolute Gasteiger partial charge is 0.223 e. The van der Waals surface area contributed by atoms with Crippen LogP contribution in [0.5, 0.6) is 0 Å². The normalized spacial score (nSPS) is 22.9. The van der Waals surface area contributed by atoms with Gasteiger partial charge in [-0.15, -0.1) is 0 Å². The molecular formula is C14H18BrNO. The van der Waals surface area contributed by atoms with Crippen molar-refractivity contribution in [3.63, 3.8) is 0 Å². The van der Waals surface area contributed by atoms with E-state index in [0.717, 1.165) is 6.42 Å². The molecule has 2 nitrogen and oxygen atoms in total. The van der Waals surface area contributed by atoms with E-state index < -0.39 is 0 Å². The van der Waals surface area contributed by atoms with Crippen LogP contribution in [0.3, 0.4) is 0 Å². The second-order valence-electron chi connectivity index (χ2n) is 5.37. The Balaban J connectivity index is 1.81. The summed E-state index contributed by atoms with van der Waals surface area (Å²) in [5.74, 6) is 0.397. The Labute approximate surface area is 111 Å². The molecule has 2 atom stereocenters. The summed E-state index contributed by atoms with van der Waals surface area (Å²) in [6, 6.07) is 10.1. The molecule has 0 heterocycles. The molecule has 1 aromatic carbocycles. The molecule has 0 radical (unpaired) electrons. The van der Waals surface area contributed by atoms with E-state index >= 15 is 0 Å². The summed E-state index contributed by atoms with van der Waals surface area (Å²) < 4.78 is 0. The fourth-order valence-corrected chi connectivity index (χ4v) is 2.47. The predicted octanol–water partition coefficient (Wildman–Crippen LogP) is 3.28. The van der Waals surface area contributed by atoms with Crippen molar-refractivity contribution in [3.05, 3.63) is 35.9 Å². The fourth-order valence-electron chi connectivity index (χ4n) is 2.01. The van der Waals surface area contributed by atoms with E-state index in [1.165, 1.54) is 5.56 Å². The molecule has 1 N–H and O–H groups in total. The number of hydrogen-bond donors (Lipinski definition) is 1. The molecule has 0 aliphatic heterocycles. The first kappa shape index (κ1) is 12.6. The summed E-state index contributed by atoms with van der Waals surface area (Å²) in [7, 11) is 0. The lowest BCUT2D eigenvalue weighted by Crippen LogP contribution is -2.29. The Kier molecular flexibility index (Phi) is 3.57. The van der Waals surface area contributed by atoms with E-state index in [0.29, 0.717) is 6.54 Å². The highest BCUT2D eigenvalue weighted by molar-refractivity contribution is 9.09. The summed E-state index contributed by atoms with van der Waals surface area (Å²) >= 11 is 3.60. The largest absolute Gasteiger partial charge is 0.354 e. The summed E-state index contributed by atoms with van der Waals surface area (Å²) in [6.07, 6.45) is 1.01. The van der Waals surface area contributed by atoms with Gasteiger partial charge in [-0.2, -0.15) is 0 Å². The number of amides is 1. The van der Waals surface area contributed by atoms with E-state index in [-0.39, 0.29) is 22.1 Å². The van der Waals surface area contributed by atoms with Crippen LogP contribution in [0.1, 0.15) is 30.7 Å². The fraction of sp³-hybridized carbons (Fsp3) is 0.500. The van der Waals surface area contributed by atoms with E-state index in [2.05, 4.69) is 47.2 Å². The quantitative estimate of drug-likeness (QED) is 0.849. The van der Waals surface area contributed by atoms with Crippen LogP contribution in [0.2, 0.25) is 0 Å². The van der Waals surface area contributed by atoms with Gasteiger partial charge in [0.2, 0.25) is 5.91 Å². The Hall–Kier alpha value is -0.830. The SMILES string of the molecule is CC1(C)CC1C(=O)NCC(Br)c1ccccc1. The lowest BCUT2D eigenvalue weighted by molar-refractivity contribution is -0.122. The lowest BCUT2D eigenvalue weighted by Gasteiger charge is -2.12. The van der Waals surface area contributed by atoms with Crippen molar-refractivity contribution in [3.8, 4) is 0 Å². The molecule has 2 unspecified atom stereocenters. The molecule has 0 spiro atoms. The number of alkyl halides is 1. The zero-order valence-corrected chi connectivity index (χ0v) is 11.8. The van der Waals surface area contributed by atoms with Crippen molar-refractivity contribution in [1.29, 1.82) is 0 Å². The van der Waals surface area contributed by atoms with Gasteiger partial charge in [-0.25, -0.2) is 0 Å². The van der Waals surface area contributed by atoms with Crippen LogP contribution in [0, 0.1) is 11.3 Å². The van der Waals surface area contributed by atoms with Crippen LogP contribution in [-0.4, -0.2) is 12.5 Å². The van der Waals surface area contributed by atoms with Gasteiger partial charge in [0.15, 0.2) is 0 Å². The van der Waals surface area contributed by atoms with Crippen molar-refractivity contribution in [2.75, 3.05) is 6.54 Å². The Morgan fingerprint density at radius 2 is 2.06 bits per heavy atom. The minimum atomic E-state index is 0.189. The lowest BCUT2D eigenvalue weighted by atomic mass is 10.1. The standard InChI is InChI=1S/C14H18BrNO/c1-14(2)8-11(14)13(17)16-9-12(15)10-6-4-3-5-7-10/h3-7,11-12H,8-9H2,1-2H3,(H,16,17).